The van der Waals surface area contributed by atoms with Crippen molar-refractivity contribution in [2.75, 3.05) is 13.2 Å². The van der Waals surface area contributed by atoms with E-state index in [1.54, 1.807) is 0 Å². The van der Waals surface area contributed by atoms with Crippen LogP contribution >= 0.6 is 0 Å². The second-order valence-corrected chi connectivity index (χ2v) is 23.0. The van der Waals surface area contributed by atoms with Crippen LogP contribution in [0.3, 0.4) is 0 Å². The highest BCUT2D eigenvalue weighted by Crippen LogP contribution is 2.19. The minimum Gasteiger partial charge on any atom is -0.462 e. The summed E-state index contributed by atoms with van der Waals surface area (Å²) in [6.07, 6.45) is 44.4. The fraction of sp³-hybridized carbons (Fsp3) is 0.783. The number of rotatable bonds is 59. The third-order valence-corrected chi connectivity index (χ3v) is 14.3. The lowest BCUT2D eigenvalue weighted by atomic mass is 10.1. The van der Waals surface area contributed by atoms with Crippen LogP contribution in [0, 0.1) is 0 Å². The summed E-state index contributed by atoms with van der Waals surface area (Å²) in [6, 6.07) is 0. The first-order valence-electron chi connectivity index (χ1n) is 33.1. The highest BCUT2D eigenvalue weighted by Gasteiger charge is 2.21. The quantitative estimate of drug-likeness (QED) is 0.0182. The smallest absolute Gasteiger partial charge is 0.313 e. The van der Waals surface area contributed by atoms with Gasteiger partial charge in [-0.3, -0.25) is 43.2 Å². The molecule has 0 aromatic rings. The Morgan fingerprint density at radius 3 is 0.845 bits per heavy atom. The summed E-state index contributed by atoms with van der Waals surface area (Å²) in [5.41, 5.74) is 0. The topological polar surface area (TPSA) is 209 Å². The van der Waals surface area contributed by atoms with Crippen LogP contribution in [0.1, 0.15) is 311 Å². The van der Waals surface area contributed by atoms with Crippen LogP contribution < -0.4 is 0 Å². The maximum atomic E-state index is 13.0. The number of hydrogen-bond donors (Lipinski definition) is 0. The number of ether oxygens (including phenoxy) is 6. The van der Waals surface area contributed by atoms with Crippen LogP contribution in [0.15, 0.2) is 36.5 Å². The summed E-state index contributed by atoms with van der Waals surface area (Å²) in [7, 11) is 0. The average Bonchev–Trinajstić information content (AvgIpc) is 3.45. The molecule has 482 valence electrons. The van der Waals surface area contributed by atoms with Gasteiger partial charge in [-0.2, -0.15) is 0 Å². The van der Waals surface area contributed by atoms with E-state index in [1.807, 2.05) is 0 Å². The van der Waals surface area contributed by atoms with Crippen LogP contribution in [0.4, 0.5) is 0 Å². The third kappa shape index (κ3) is 55.0. The van der Waals surface area contributed by atoms with E-state index in [9.17, 15) is 43.2 Å². The number of esters is 6. The molecule has 84 heavy (non-hydrogen) atoms. The summed E-state index contributed by atoms with van der Waals surface area (Å²) < 4.78 is 33.6. The largest absolute Gasteiger partial charge is 0.462 e. The molecule has 0 aromatic carbocycles. The molecule has 3 unspecified atom stereocenters. The van der Waals surface area contributed by atoms with Gasteiger partial charge in [0.2, 0.25) is 0 Å². The van der Waals surface area contributed by atoms with E-state index >= 15 is 0 Å². The van der Waals surface area contributed by atoms with Crippen molar-refractivity contribution in [3.05, 3.63) is 36.5 Å². The zero-order chi connectivity index (χ0) is 62.1. The second-order valence-electron chi connectivity index (χ2n) is 23.0. The lowest BCUT2D eigenvalue weighted by Crippen LogP contribution is -2.30. The lowest BCUT2D eigenvalue weighted by molar-refractivity contribution is -0.167. The molecule has 0 bridgehead atoms. The molecule has 15 nitrogen and oxygen atoms in total. The first-order chi connectivity index (χ1) is 40.6. The van der Waals surface area contributed by atoms with Gasteiger partial charge >= 0.3 is 35.8 Å². The zero-order valence-corrected chi connectivity index (χ0v) is 53.5. The normalized spacial score (nSPS) is 12.9. The van der Waals surface area contributed by atoms with Gasteiger partial charge in [0.25, 0.3) is 0 Å². The summed E-state index contributed by atoms with van der Waals surface area (Å²) in [5.74, 6) is -3.20. The van der Waals surface area contributed by atoms with Gasteiger partial charge in [-0.25, -0.2) is 0 Å². The van der Waals surface area contributed by atoms with E-state index in [2.05, 4.69) is 57.2 Å². The van der Waals surface area contributed by atoms with E-state index in [4.69, 9.17) is 28.4 Å². The van der Waals surface area contributed by atoms with Crippen molar-refractivity contribution in [1.82, 2.24) is 0 Å². The Kier molecular flexibility index (Phi) is 53.8. The van der Waals surface area contributed by atoms with Gasteiger partial charge in [-0.05, 0) is 117 Å². The van der Waals surface area contributed by atoms with Gasteiger partial charge in [0, 0.05) is 38.5 Å². The Morgan fingerprint density at radius 2 is 0.548 bits per heavy atom. The Labute approximate surface area is 508 Å². The molecule has 0 fully saturated rings. The molecule has 0 spiro atoms. The first kappa shape index (κ1) is 79.0. The van der Waals surface area contributed by atoms with Crippen molar-refractivity contribution in [3.8, 4) is 0 Å². The fourth-order valence-corrected chi connectivity index (χ4v) is 9.52. The van der Waals surface area contributed by atoms with Crippen molar-refractivity contribution < 1.29 is 71.6 Å². The molecule has 0 amide bonds. The molecule has 0 saturated heterocycles. The molecule has 3 atom stereocenters. The predicted octanol–water partition coefficient (Wildman–Crippen LogP) is 16.6. The summed E-state index contributed by atoms with van der Waals surface area (Å²) >= 11 is 0. The average molecular weight is 1190 g/mol. The number of unbranched alkanes of at least 4 members (excludes halogenated alkanes) is 24. The minimum atomic E-state index is -0.917. The van der Waals surface area contributed by atoms with E-state index in [-0.39, 0.29) is 87.4 Å². The number of carbonyl (C=O) groups is 9. The molecule has 0 aromatic heterocycles. The van der Waals surface area contributed by atoms with Crippen LogP contribution in [0.2, 0.25) is 0 Å². The molecule has 0 saturated carbocycles. The van der Waals surface area contributed by atoms with Crippen molar-refractivity contribution in [2.24, 2.45) is 0 Å². The third-order valence-electron chi connectivity index (χ3n) is 14.3. The number of ketones is 3. The lowest BCUT2D eigenvalue weighted by Gasteiger charge is -2.18. The number of carbonyl (C=O) groups excluding carboxylic acids is 9. The number of allylic oxidation sites excluding steroid dienone is 3. The molecule has 0 heterocycles. The first-order valence-corrected chi connectivity index (χ1v) is 33.1. The van der Waals surface area contributed by atoms with Crippen molar-refractivity contribution in [1.29, 1.82) is 0 Å². The predicted molar refractivity (Wildman–Crippen MR) is 332 cm³/mol. The van der Waals surface area contributed by atoms with E-state index in [0.29, 0.717) is 38.5 Å². The highest BCUT2D eigenvalue weighted by atomic mass is 16.6. The standard InChI is InChI=1S/C69H116O15/c1-7-10-13-34-43-60(81-67(76)52-57(4)70)46-37-28-22-16-19-25-31-40-49-64(73)79-55-63(84-66(75)51-42-33-27-21-18-24-30-39-48-62(45-36-15-12-9-3)83-69(78)54-59(6)72)56-80-65(74)50-41-32-26-20-17-23-29-38-47-61(44-35-14-11-8-2)82-68(77)53-58(5)71/h28-30,37-39,60-63H,7-27,31-36,40-56H2,1-6H3. The van der Waals surface area contributed by atoms with Gasteiger partial charge in [0.15, 0.2) is 6.10 Å². The Balaban J connectivity index is 5.01. The summed E-state index contributed by atoms with van der Waals surface area (Å²) in [5, 5.41) is 0. The van der Waals surface area contributed by atoms with Crippen LogP contribution in [0.25, 0.3) is 0 Å². The molecule has 0 radical (unpaired) electrons. The van der Waals surface area contributed by atoms with Gasteiger partial charge in [-0.15, -0.1) is 0 Å². The van der Waals surface area contributed by atoms with Crippen LogP contribution in [-0.4, -0.2) is 90.8 Å². The van der Waals surface area contributed by atoms with Crippen LogP contribution in [0.5, 0.6) is 0 Å². The Hall–Kier alpha value is -4.95. The Bertz CT molecular complexity index is 1760. The molecule has 0 N–H and O–H groups in total. The van der Waals surface area contributed by atoms with Crippen molar-refractivity contribution in [2.45, 2.75) is 336 Å². The maximum absolute atomic E-state index is 13.0. The molecule has 0 rings (SSSR count). The van der Waals surface area contributed by atoms with E-state index in [1.165, 1.54) is 20.8 Å². The molecule has 0 aliphatic heterocycles. The Morgan fingerprint density at radius 1 is 0.286 bits per heavy atom. The van der Waals surface area contributed by atoms with Crippen molar-refractivity contribution >= 4 is 53.2 Å². The maximum Gasteiger partial charge on any atom is 0.313 e. The van der Waals surface area contributed by atoms with Crippen molar-refractivity contribution in [3.63, 3.8) is 0 Å². The summed E-state index contributed by atoms with van der Waals surface area (Å²) in [6.45, 7) is 10.2. The second kappa shape index (κ2) is 57.1. The molecule has 0 aliphatic rings. The molecular weight excluding hydrogens is 1070 g/mol. The highest BCUT2D eigenvalue weighted by molar-refractivity contribution is 5.95. The van der Waals surface area contributed by atoms with Gasteiger partial charge in [0.05, 0.1) is 0 Å². The van der Waals surface area contributed by atoms with Crippen LogP contribution in [-0.2, 0) is 71.6 Å². The minimum absolute atomic E-state index is 0.192. The van der Waals surface area contributed by atoms with Gasteiger partial charge in [0.1, 0.15) is 68.1 Å². The zero-order valence-electron chi connectivity index (χ0n) is 53.5. The van der Waals surface area contributed by atoms with Gasteiger partial charge < -0.3 is 28.4 Å². The monoisotopic (exact) mass is 1180 g/mol. The van der Waals surface area contributed by atoms with Gasteiger partial charge in [-0.1, -0.05) is 173 Å². The fourth-order valence-electron chi connectivity index (χ4n) is 9.52. The van der Waals surface area contributed by atoms with E-state index < -0.39 is 41.9 Å². The number of Topliss-reactive ketones (excluding diaryl/α,β-unsaturated/α-hetero) is 3. The SMILES string of the molecule is CCCCCCC(CC=CCCCCCCCC(=O)OCC(COC(=O)CCCCCCCC=CCC(CCCCCC)OC(=O)CC(C)=O)OC(=O)CCCCCCCC=CCC(CCCCCC)OC(=O)CC(C)=O)OC(=O)CC(C)=O. The number of hydrogen-bond acceptors (Lipinski definition) is 15. The van der Waals surface area contributed by atoms with E-state index in [0.717, 1.165) is 193 Å². The molecular formula is C69H116O15. The molecule has 0 aliphatic carbocycles. The summed E-state index contributed by atoms with van der Waals surface area (Å²) in [4.78, 5) is 109. The molecule has 15 heteroatoms.